The molecule has 1 aliphatic carbocycles. The molecule has 0 amide bonds. The molecule has 0 saturated heterocycles. The lowest BCUT2D eigenvalue weighted by molar-refractivity contribution is 0.622. The molecule has 1 heteroatoms. The molecule has 0 heterocycles. The van der Waals surface area contributed by atoms with Crippen molar-refractivity contribution in [2.24, 2.45) is 11.8 Å². The summed E-state index contributed by atoms with van der Waals surface area (Å²) >= 11 is 5.94. The zero-order valence-corrected chi connectivity index (χ0v) is 8.15. The summed E-state index contributed by atoms with van der Waals surface area (Å²) in [7, 11) is 0. The van der Waals surface area contributed by atoms with Crippen molar-refractivity contribution in [2.75, 3.05) is 0 Å². The van der Waals surface area contributed by atoms with E-state index in [0.29, 0.717) is 11.8 Å². The summed E-state index contributed by atoms with van der Waals surface area (Å²) in [6.45, 7) is 6.64. The predicted molar refractivity (Wildman–Crippen MR) is 50.6 cm³/mol. The second-order valence-corrected chi connectivity index (χ2v) is 4.04. The van der Waals surface area contributed by atoms with Crippen molar-refractivity contribution in [2.45, 2.75) is 27.2 Å². The highest BCUT2D eigenvalue weighted by Crippen LogP contribution is 2.28. The molecule has 1 atom stereocenters. The van der Waals surface area contributed by atoms with Crippen LogP contribution in [0.4, 0.5) is 0 Å². The van der Waals surface area contributed by atoms with Crippen LogP contribution in [0.5, 0.6) is 0 Å². The van der Waals surface area contributed by atoms with Crippen molar-refractivity contribution in [3.63, 3.8) is 0 Å². The quantitative estimate of drug-likeness (QED) is 0.563. The second kappa shape index (κ2) is 3.44. The van der Waals surface area contributed by atoms with Gasteiger partial charge in [-0.25, -0.2) is 0 Å². The van der Waals surface area contributed by atoms with E-state index < -0.39 is 0 Å². The van der Waals surface area contributed by atoms with Crippen LogP contribution in [0.2, 0.25) is 0 Å². The summed E-state index contributed by atoms with van der Waals surface area (Å²) in [6.07, 6.45) is 5.40. The summed E-state index contributed by atoms with van der Waals surface area (Å²) in [6, 6.07) is 0. The van der Waals surface area contributed by atoms with Crippen molar-refractivity contribution >= 4 is 11.6 Å². The summed E-state index contributed by atoms with van der Waals surface area (Å²) in [5, 5.41) is 0.910. The lowest BCUT2D eigenvalue weighted by Crippen LogP contribution is -2.04. The third-order valence-corrected chi connectivity index (χ3v) is 2.30. The van der Waals surface area contributed by atoms with Gasteiger partial charge in [0.2, 0.25) is 0 Å². The van der Waals surface area contributed by atoms with Gasteiger partial charge in [-0.15, -0.1) is 0 Å². The van der Waals surface area contributed by atoms with E-state index in [1.54, 1.807) is 0 Å². The summed E-state index contributed by atoms with van der Waals surface area (Å²) in [5.74, 6) is 1.25. The van der Waals surface area contributed by atoms with Crippen molar-refractivity contribution in [3.05, 3.63) is 22.8 Å². The Morgan fingerprint density at radius 2 is 2.18 bits per heavy atom. The Hall–Kier alpha value is -0.230. The molecule has 0 aromatic carbocycles. The molecular formula is C10H15Cl. The van der Waals surface area contributed by atoms with Gasteiger partial charge in [-0.1, -0.05) is 44.0 Å². The molecule has 1 rings (SSSR count). The Kier molecular flexibility index (Phi) is 2.78. The minimum Gasteiger partial charge on any atom is -0.0847 e. The van der Waals surface area contributed by atoms with Gasteiger partial charge in [-0.3, -0.25) is 0 Å². The molecule has 0 bridgehead atoms. The topological polar surface area (TPSA) is 0 Å². The first kappa shape index (κ1) is 8.86. The Balaban J connectivity index is 2.76. The van der Waals surface area contributed by atoms with Gasteiger partial charge in [-0.05, 0) is 24.3 Å². The van der Waals surface area contributed by atoms with Gasteiger partial charge in [0.1, 0.15) is 0 Å². The fourth-order valence-electron chi connectivity index (χ4n) is 1.39. The molecular weight excluding hydrogens is 156 g/mol. The van der Waals surface area contributed by atoms with E-state index >= 15 is 0 Å². The van der Waals surface area contributed by atoms with E-state index in [1.165, 1.54) is 12.0 Å². The lowest BCUT2D eigenvalue weighted by atomic mass is 9.89. The molecule has 0 aliphatic heterocycles. The highest BCUT2D eigenvalue weighted by Gasteiger charge is 2.12. The first-order valence-electron chi connectivity index (χ1n) is 4.17. The molecule has 0 spiro atoms. The smallest absolute Gasteiger partial charge is 0.0368 e. The van der Waals surface area contributed by atoms with Crippen LogP contribution in [0, 0.1) is 11.8 Å². The monoisotopic (exact) mass is 170 g/mol. The molecule has 0 radical (unpaired) electrons. The molecule has 0 fully saturated rings. The van der Waals surface area contributed by atoms with Gasteiger partial charge in [0.15, 0.2) is 0 Å². The third-order valence-electron chi connectivity index (χ3n) is 2.07. The number of allylic oxidation sites excluding steroid dienone is 4. The van der Waals surface area contributed by atoms with Gasteiger partial charge in [0.25, 0.3) is 0 Å². The van der Waals surface area contributed by atoms with Crippen molar-refractivity contribution in [1.29, 1.82) is 0 Å². The van der Waals surface area contributed by atoms with E-state index in [-0.39, 0.29) is 0 Å². The first-order chi connectivity index (χ1) is 5.09. The van der Waals surface area contributed by atoms with Crippen LogP contribution >= 0.6 is 11.6 Å². The second-order valence-electron chi connectivity index (χ2n) is 3.61. The maximum atomic E-state index is 5.94. The highest BCUT2D eigenvalue weighted by molar-refractivity contribution is 6.31. The number of rotatable bonds is 1. The Morgan fingerprint density at radius 3 is 2.64 bits per heavy atom. The summed E-state index contributed by atoms with van der Waals surface area (Å²) < 4.78 is 0. The van der Waals surface area contributed by atoms with Crippen molar-refractivity contribution in [3.8, 4) is 0 Å². The van der Waals surface area contributed by atoms with Gasteiger partial charge in [-0.2, -0.15) is 0 Å². The summed E-state index contributed by atoms with van der Waals surface area (Å²) in [5.41, 5.74) is 1.48. The molecule has 1 unspecified atom stereocenters. The van der Waals surface area contributed by atoms with Crippen LogP contribution in [-0.4, -0.2) is 0 Å². The molecule has 0 aromatic rings. The van der Waals surface area contributed by atoms with Crippen LogP contribution < -0.4 is 0 Å². The van der Waals surface area contributed by atoms with E-state index in [9.17, 15) is 0 Å². The molecule has 1 aliphatic rings. The number of hydrogen-bond donors (Lipinski definition) is 0. The molecule has 11 heavy (non-hydrogen) atoms. The fourth-order valence-corrected chi connectivity index (χ4v) is 1.74. The SMILES string of the molecule is CC1C=C(Cl)C=C(C(C)C)C1. The zero-order chi connectivity index (χ0) is 8.43. The van der Waals surface area contributed by atoms with Crippen LogP contribution in [0.25, 0.3) is 0 Å². The van der Waals surface area contributed by atoms with Crippen LogP contribution in [-0.2, 0) is 0 Å². The van der Waals surface area contributed by atoms with Gasteiger partial charge in [0.05, 0.1) is 0 Å². The fraction of sp³-hybridized carbons (Fsp3) is 0.600. The van der Waals surface area contributed by atoms with E-state index in [1.807, 2.05) is 0 Å². The maximum absolute atomic E-state index is 5.94. The predicted octanol–water partition coefficient (Wildman–Crippen LogP) is 3.73. The molecule has 0 N–H and O–H groups in total. The van der Waals surface area contributed by atoms with Crippen LogP contribution in [0.3, 0.4) is 0 Å². The van der Waals surface area contributed by atoms with Crippen LogP contribution in [0.1, 0.15) is 27.2 Å². The largest absolute Gasteiger partial charge is 0.0847 e. The summed E-state index contributed by atoms with van der Waals surface area (Å²) in [4.78, 5) is 0. The number of hydrogen-bond acceptors (Lipinski definition) is 0. The van der Waals surface area contributed by atoms with E-state index in [2.05, 4.69) is 32.9 Å². The third kappa shape index (κ3) is 2.37. The van der Waals surface area contributed by atoms with E-state index in [4.69, 9.17) is 11.6 Å². The normalized spacial score (nSPS) is 25.0. The minimum absolute atomic E-state index is 0.616. The molecule has 62 valence electrons. The minimum atomic E-state index is 0.616. The standard InChI is InChI=1S/C10H15Cl/c1-7(2)9-4-8(3)5-10(11)6-9/h5-8H,4H2,1-3H3. The average Bonchev–Trinajstić information content (AvgIpc) is 1.85. The van der Waals surface area contributed by atoms with Crippen molar-refractivity contribution in [1.82, 2.24) is 0 Å². The maximum Gasteiger partial charge on any atom is 0.0368 e. The van der Waals surface area contributed by atoms with Gasteiger partial charge < -0.3 is 0 Å². The van der Waals surface area contributed by atoms with Gasteiger partial charge >= 0.3 is 0 Å². The van der Waals surface area contributed by atoms with E-state index in [0.717, 1.165) is 5.03 Å². The average molecular weight is 171 g/mol. The Bertz CT molecular complexity index is 199. The highest BCUT2D eigenvalue weighted by atomic mass is 35.5. The van der Waals surface area contributed by atoms with Gasteiger partial charge in [0, 0.05) is 5.03 Å². The Labute approximate surface area is 73.9 Å². The Morgan fingerprint density at radius 1 is 1.55 bits per heavy atom. The van der Waals surface area contributed by atoms with Crippen molar-refractivity contribution < 1.29 is 0 Å². The zero-order valence-electron chi connectivity index (χ0n) is 7.39. The lowest BCUT2D eigenvalue weighted by Gasteiger charge is -2.18. The molecule has 0 nitrogen and oxygen atoms in total. The number of halogens is 1. The molecule has 0 aromatic heterocycles. The molecule has 0 saturated carbocycles. The first-order valence-corrected chi connectivity index (χ1v) is 4.55. The van der Waals surface area contributed by atoms with Crippen LogP contribution in [0.15, 0.2) is 22.8 Å².